The smallest absolute Gasteiger partial charge is 0.150 e. The van der Waals surface area contributed by atoms with Gasteiger partial charge in [0.2, 0.25) is 0 Å². The number of hydrogen-bond acceptors (Lipinski definition) is 3. The Morgan fingerprint density at radius 3 is 2.50 bits per heavy atom. The quantitative estimate of drug-likeness (QED) is 0.667. The summed E-state index contributed by atoms with van der Waals surface area (Å²) >= 11 is 0. The van der Waals surface area contributed by atoms with Crippen LogP contribution in [0.5, 0.6) is 0 Å². The highest BCUT2D eigenvalue weighted by molar-refractivity contribution is 7.91. The highest BCUT2D eigenvalue weighted by Crippen LogP contribution is 2.26. The highest BCUT2D eigenvalue weighted by atomic mass is 32.2. The van der Waals surface area contributed by atoms with Crippen LogP contribution in [0.1, 0.15) is 45.4 Å². The Balaban J connectivity index is 1.92. The van der Waals surface area contributed by atoms with Crippen molar-refractivity contribution in [1.29, 1.82) is 0 Å². The molecule has 0 spiro atoms. The van der Waals surface area contributed by atoms with Gasteiger partial charge in [-0.1, -0.05) is 32.6 Å². The van der Waals surface area contributed by atoms with Crippen molar-refractivity contribution in [2.45, 2.75) is 45.4 Å². The molecule has 1 aliphatic rings. The third-order valence-electron chi connectivity index (χ3n) is 3.45. The minimum absolute atomic E-state index is 0.273. The lowest BCUT2D eigenvalue weighted by atomic mass is 10.0. The van der Waals surface area contributed by atoms with Crippen molar-refractivity contribution in [2.24, 2.45) is 5.92 Å². The lowest BCUT2D eigenvalue weighted by molar-refractivity contribution is 0.477. The average Bonchev–Trinajstić information content (AvgIpc) is 2.76. The molecule has 0 aromatic rings. The molecule has 1 fully saturated rings. The Hall–Kier alpha value is -0.0900. The summed E-state index contributed by atoms with van der Waals surface area (Å²) in [6.45, 7) is 3.60. The molecular weight excluding hydrogens is 222 g/mol. The second kappa shape index (κ2) is 7.28. The third-order valence-corrected chi connectivity index (χ3v) is 5.24. The standard InChI is InChI=1S/C12H25NO2S/c1-2-16(14,15)11-5-9-13-10-8-12-6-3-4-7-12/h12-13H,2-11H2,1H3. The number of rotatable bonds is 8. The zero-order chi connectivity index (χ0) is 11.9. The van der Waals surface area contributed by atoms with E-state index in [1.165, 1.54) is 32.1 Å². The van der Waals surface area contributed by atoms with Gasteiger partial charge in [-0.3, -0.25) is 0 Å². The normalized spacial score (nSPS) is 18.1. The van der Waals surface area contributed by atoms with E-state index in [4.69, 9.17) is 0 Å². The lowest BCUT2D eigenvalue weighted by Crippen LogP contribution is -2.21. The van der Waals surface area contributed by atoms with Crippen LogP contribution in [0, 0.1) is 5.92 Å². The maximum atomic E-state index is 11.2. The summed E-state index contributed by atoms with van der Waals surface area (Å²) < 4.78 is 22.4. The van der Waals surface area contributed by atoms with Gasteiger partial charge >= 0.3 is 0 Å². The van der Waals surface area contributed by atoms with Gasteiger partial charge in [0.25, 0.3) is 0 Å². The summed E-state index contributed by atoms with van der Waals surface area (Å²) in [5.74, 6) is 1.53. The van der Waals surface area contributed by atoms with Crippen molar-refractivity contribution in [3.63, 3.8) is 0 Å². The van der Waals surface area contributed by atoms with Crippen molar-refractivity contribution >= 4 is 9.84 Å². The first-order chi connectivity index (χ1) is 7.64. The predicted molar refractivity (Wildman–Crippen MR) is 68.4 cm³/mol. The van der Waals surface area contributed by atoms with E-state index in [-0.39, 0.29) is 5.75 Å². The minimum atomic E-state index is -2.76. The topological polar surface area (TPSA) is 46.2 Å². The van der Waals surface area contributed by atoms with Gasteiger partial charge in [0.05, 0.1) is 5.75 Å². The summed E-state index contributed by atoms with van der Waals surface area (Å²) in [6, 6.07) is 0. The summed E-state index contributed by atoms with van der Waals surface area (Å²) in [6.07, 6.45) is 7.61. The molecule has 0 unspecified atom stereocenters. The maximum Gasteiger partial charge on any atom is 0.150 e. The molecule has 4 heteroatoms. The Morgan fingerprint density at radius 1 is 1.19 bits per heavy atom. The van der Waals surface area contributed by atoms with Crippen molar-refractivity contribution in [3.05, 3.63) is 0 Å². The van der Waals surface area contributed by atoms with E-state index in [2.05, 4.69) is 5.32 Å². The Labute approximate surface area is 99.9 Å². The maximum absolute atomic E-state index is 11.2. The molecule has 0 atom stereocenters. The van der Waals surface area contributed by atoms with E-state index in [0.717, 1.165) is 25.4 Å². The molecule has 0 amide bonds. The highest BCUT2D eigenvalue weighted by Gasteiger charge is 2.13. The minimum Gasteiger partial charge on any atom is -0.317 e. The van der Waals surface area contributed by atoms with Gasteiger partial charge in [-0.15, -0.1) is 0 Å². The number of sulfone groups is 1. The van der Waals surface area contributed by atoms with Crippen molar-refractivity contribution < 1.29 is 8.42 Å². The summed E-state index contributed by atoms with van der Waals surface area (Å²) in [5, 5.41) is 3.34. The summed E-state index contributed by atoms with van der Waals surface area (Å²) in [4.78, 5) is 0. The first kappa shape index (κ1) is 14.0. The molecule has 0 aliphatic heterocycles. The molecule has 16 heavy (non-hydrogen) atoms. The van der Waals surface area contributed by atoms with E-state index in [9.17, 15) is 8.42 Å². The number of nitrogens with one attached hydrogen (secondary N) is 1. The molecule has 0 heterocycles. The molecule has 1 rings (SSSR count). The molecule has 0 aromatic carbocycles. The van der Waals surface area contributed by atoms with Crippen LogP contribution in [0.25, 0.3) is 0 Å². The molecule has 0 radical (unpaired) electrons. The van der Waals surface area contributed by atoms with Crippen molar-refractivity contribution in [2.75, 3.05) is 24.6 Å². The molecule has 1 N–H and O–H groups in total. The van der Waals surface area contributed by atoms with E-state index in [1.54, 1.807) is 6.92 Å². The van der Waals surface area contributed by atoms with E-state index >= 15 is 0 Å². The first-order valence-corrected chi connectivity index (χ1v) is 8.37. The molecular formula is C12H25NO2S. The van der Waals surface area contributed by atoms with Gasteiger partial charge in [-0.25, -0.2) is 8.42 Å². The van der Waals surface area contributed by atoms with Crippen molar-refractivity contribution in [3.8, 4) is 0 Å². The molecule has 0 aromatic heterocycles. The van der Waals surface area contributed by atoms with Crippen LogP contribution in [-0.2, 0) is 9.84 Å². The van der Waals surface area contributed by atoms with Crippen LogP contribution < -0.4 is 5.32 Å². The Kier molecular flexibility index (Phi) is 6.36. The summed E-state index contributed by atoms with van der Waals surface area (Å²) in [7, 11) is -2.76. The fraction of sp³-hybridized carbons (Fsp3) is 1.00. The first-order valence-electron chi connectivity index (χ1n) is 6.55. The molecule has 0 bridgehead atoms. The molecule has 96 valence electrons. The van der Waals surface area contributed by atoms with E-state index < -0.39 is 9.84 Å². The van der Waals surface area contributed by atoms with Crippen LogP contribution in [-0.4, -0.2) is 33.0 Å². The zero-order valence-corrected chi connectivity index (χ0v) is 11.2. The second-order valence-electron chi connectivity index (χ2n) is 4.78. The van der Waals surface area contributed by atoms with Crippen LogP contribution >= 0.6 is 0 Å². The van der Waals surface area contributed by atoms with Crippen LogP contribution in [0.4, 0.5) is 0 Å². The van der Waals surface area contributed by atoms with Gasteiger partial charge in [0.15, 0.2) is 0 Å². The second-order valence-corrected chi connectivity index (χ2v) is 7.25. The SMILES string of the molecule is CCS(=O)(=O)CCCNCCC1CCCC1. The van der Waals surface area contributed by atoms with Gasteiger partial charge in [-0.05, 0) is 31.8 Å². The third kappa shape index (κ3) is 5.85. The van der Waals surface area contributed by atoms with Crippen LogP contribution in [0.15, 0.2) is 0 Å². The summed E-state index contributed by atoms with van der Waals surface area (Å²) in [5.41, 5.74) is 0. The molecule has 1 saturated carbocycles. The zero-order valence-electron chi connectivity index (χ0n) is 10.4. The lowest BCUT2D eigenvalue weighted by Gasteiger charge is -2.09. The van der Waals surface area contributed by atoms with Gasteiger partial charge in [0.1, 0.15) is 9.84 Å². The largest absolute Gasteiger partial charge is 0.317 e. The average molecular weight is 247 g/mol. The fourth-order valence-electron chi connectivity index (χ4n) is 2.29. The van der Waals surface area contributed by atoms with E-state index in [0.29, 0.717) is 5.75 Å². The van der Waals surface area contributed by atoms with E-state index in [1.807, 2.05) is 0 Å². The predicted octanol–water partition coefficient (Wildman–Crippen LogP) is 1.98. The Bertz CT molecular complexity index is 269. The van der Waals surface area contributed by atoms with Crippen molar-refractivity contribution in [1.82, 2.24) is 5.32 Å². The van der Waals surface area contributed by atoms with Gasteiger partial charge in [0, 0.05) is 5.75 Å². The molecule has 0 saturated heterocycles. The number of hydrogen-bond donors (Lipinski definition) is 1. The monoisotopic (exact) mass is 247 g/mol. The van der Waals surface area contributed by atoms with Crippen LogP contribution in [0.3, 0.4) is 0 Å². The van der Waals surface area contributed by atoms with Gasteiger partial charge < -0.3 is 5.32 Å². The fourth-order valence-corrected chi connectivity index (χ4v) is 3.16. The molecule has 1 aliphatic carbocycles. The van der Waals surface area contributed by atoms with Gasteiger partial charge in [-0.2, -0.15) is 0 Å². The molecule has 3 nitrogen and oxygen atoms in total. The Morgan fingerprint density at radius 2 is 1.88 bits per heavy atom. The van der Waals surface area contributed by atoms with Crippen LogP contribution in [0.2, 0.25) is 0 Å².